The average Bonchev–Trinajstić information content (AvgIpc) is 2.70. The zero-order valence-corrected chi connectivity index (χ0v) is 9.66. The van der Waals surface area contributed by atoms with Crippen LogP contribution in [0.2, 0.25) is 0 Å². The summed E-state index contributed by atoms with van der Waals surface area (Å²) < 4.78 is 0. The Kier molecular flexibility index (Phi) is 2.97. The topological polar surface area (TPSA) is 29.0 Å². The molecule has 0 radical (unpaired) electrons. The van der Waals surface area contributed by atoms with E-state index >= 15 is 0 Å². The largest absolute Gasteiger partial charge is 0.368 e. The van der Waals surface area contributed by atoms with Crippen LogP contribution in [-0.2, 0) is 6.54 Å². The van der Waals surface area contributed by atoms with Gasteiger partial charge in [0.15, 0.2) is 0 Å². The standard InChI is InChI=1S/C11H13N3S/c1-9-7-10(3-4-12-9)14(2)8-11-13-5-6-15-11/h3-7H,8H2,1-2H3. The Morgan fingerprint density at radius 2 is 2.20 bits per heavy atom. The van der Waals surface area contributed by atoms with Crippen LogP contribution in [0.1, 0.15) is 10.7 Å². The van der Waals surface area contributed by atoms with Gasteiger partial charge < -0.3 is 4.90 Å². The van der Waals surface area contributed by atoms with Crippen LogP contribution in [-0.4, -0.2) is 17.0 Å². The number of aromatic nitrogens is 2. The Labute approximate surface area is 93.4 Å². The molecular formula is C11H13N3S. The van der Waals surface area contributed by atoms with Gasteiger partial charge in [-0.15, -0.1) is 11.3 Å². The van der Waals surface area contributed by atoms with Crippen molar-refractivity contribution in [1.82, 2.24) is 9.97 Å². The van der Waals surface area contributed by atoms with Crippen LogP contribution in [0.4, 0.5) is 5.69 Å². The molecule has 4 heteroatoms. The lowest BCUT2D eigenvalue weighted by atomic mass is 10.3. The summed E-state index contributed by atoms with van der Waals surface area (Å²) in [4.78, 5) is 10.6. The van der Waals surface area contributed by atoms with Gasteiger partial charge in [0.25, 0.3) is 0 Å². The lowest BCUT2D eigenvalue weighted by Gasteiger charge is -2.17. The maximum atomic E-state index is 4.27. The van der Waals surface area contributed by atoms with Gasteiger partial charge in [-0.1, -0.05) is 0 Å². The van der Waals surface area contributed by atoms with E-state index in [2.05, 4.69) is 28.0 Å². The second kappa shape index (κ2) is 4.40. The van der Waals surface area contributed by atoms with E-state index < -0.39 is 0 Å². The number of nitrogens with zero attached hydrogens (tertiary/aromatic N) is 3. The monoisotopic (exact) mass is 219 g/mol. The van der Waals surface area contributed by atoms with Gasteiger partial charge in [0, 0.05) is 36.2 Å². The Balaban J connectivity index is 2.11. The molecule has 2 aromatic rings. The molecule has 0 saturated heterocycles. The molecule has 0 atom stereocenters. The Hall–Kier alpha value is -1.42. The van der Waals surface area contributed by atoms with E-state index in [1.807, 2.05) is 30.8 Å². The second-order valence-corrected chi connectivity index (χ2v) is 4.42. The van der Waals surface area contributed by atoms with Gasteiger partial charge in [-0.05, 0) is 19.1 Å². The molecule has 0 aliphatic carbocycles. The summed E-state index contributed by atoms with van der Waals surface area (Å²) in [6.45, 7) is 2.85. The highest BCUT2D eigenvalue weighted by molar-refractivity contribution is 7.09. The fourth-order valence-corrected chi connectivity index (χ4v) is 2.06. The summed E-state index contributed by atoms with van der Waals surface area (Å²) in [7, 11) is 2.07. The Morgan fingerprint density at radius 3 is 2.87 bits per heavy atom. The molecule has 0 bridgehead atoms. The molecule has 0 N–H and O–H groups in total. The third-order valence-corrected chi connectivity index (χ3v) is 2.94. The first-order chi connectivity index (χ1) is 7.25. The van der Waals surface area contributed by atoms with Gasteiger partial charge >= 0.3 is 0 Å². The highest BCUT2D eigenvalue weighted by Gasteiger charge is 2.03. The first-order valence-corrected chi connectivity index (χ1v) is 5.66. The molecule has 2 aromatic heterocycles. The Bertz CT molecular complexity index is 425. The van der Waals surface area contributed by atoms with Crippen LogP contribution in [0, 0.1) is 6.92 Å². The van der Waals surface area contributed by atoms with Crippen LogP contribution in [0.5, 0.6) is 0 Å². The second-order valence-electron chi connectivity index (χ2n) is 3.44. The molecular weight excluding hydrogens is 206 g/mol. The summed E-state index contributed by atoms with van der Waals surface area (Å²) in [5.74, 6) is 0. The minimum atomic E-state index is 0.848. The maximum absolute atomic E-state index is 4.27. The van der Waals surface area contributed by atoms with Crippen molar-refractivity contribution < 1.29 is 0 Å². The van der Waals surface area contributed by atoms with E-state index in [0.717, 1.165) is 17.2 Å². The molecule has 0 aromatic carbocycles. The lowest BCUT2D eigenvalue weighted by Crippen LogP contribution is -2.16. The molecule has 0 unspecified atom stereocenters. The first kappa shape index (κ1) is 10.1. The molecule has 78 valence electrons. The number of thiazole rings is 1. The third-order valence-electron chi connectivity index (χ3n) is 2.18. The zero-order valence-electron chi connectivity index (χ0n) is 8.84. The van der Waals surface area contributed by atoms with Crippen molar-refractivity contribution in [2.45, 2.75) is 13.5 Å². The zero-order chi connectivity index (χ0) is 10.7. The van der Waals surface area contributed by atoms with E-state index in [-0.39, 0.29) is 0 Å². The highest BCUT2D eigenvalue weighted by atomic mass is 32.1. The summed E-state index contributed by atoms with van der Waals surface area (Å²) >= 11 is 1.68. The molecule has 2 rings (SSSR count). The predicted octanol–water partition coefficient (Wildman–Crippen LogP) is 2.48. The lowest BCUT2D eigenvalue weighted by molar-refractivity contribution is 0.906. The van der Waals surface area contributed by atoms with Gasteiger partial charge in [0.1, 0.15) is 5.01 Å². The van der Waals surface area contributed by atoms with Crippen LogP contribution in [0.3, 0.4) is 0 Å². The van der Waals surface area contributed by atoms with Crippen molar-refractivity contribution in [2.24, 2.45) is 0 Å². The SMILES string of the molecule is Cc1cc(N(C)Cc2nccs2)ccn1. The van der Waals surface area contributed by atoms with Gasteiger partial charge in [0.05, 0.1) is 6.54 Å². The van der Waals surface area contributed by atoms with Gasteiger partial charge in [-0.2, -0.15) is 0 Å². The molecule has 0 aliphatic rings. The number of anilines is 1. The van der Waals surface area contributed by atoms with E-state index in [1.54, 1.807) is 11.3 Å². The maximum Gasteiger partial charge on any atom is 0.112 e. The number of pyridine rings is 1. The quantitative estimate of drug-likeness (QED) is 0.794. The first-order valence-electron chi connectivity index (χ1n) is 4.78. The summed E-state index contributed by atoms with van der Waals surface area (Å²) in [5.41, 5.74) is 2.22. The Morgan fingerprint density at radius 1 is 1.33 bits per heavy atom. The van der Waals surface area contributed by atoms with Crippen molar-refractivity contribution in [3.8, 4) is 0 Å². The van der Waals surface area contributed by atoms with Gasteiger partial charge in [0.2, 0.25) is 0 Å². The predicted molar refractivity (Wildman–Crippen MR) is 63.2 cm³/mol. The fraction of sp³-hybridized carbons (Fsp3) is 0.273. The normalized spacial score (nSPS) is 10.3. The van der Waals surface area contributed by atoms with Crippen LogP contribution in [0.15, 0.2) is 29.9 Å². The average molecular weight is 219 g/mol. The van der Waals surface area contributed by atoms with Crippen LogP contribution < -0.4 is 4.90 Å². The number of aryl methyl sites for hydroxylation is 1. The minimum Gasteiger partial charge on any atom is -0.368 e. The molecule has 2 heterocycles. The van der Waals surface area contributed by atoms with Crippen molar-refractivity contribution >= 4 is 17.0 Å². The van der Waals surface area contributed by atoms with Crippen molar-refractivity contribution in [2.75, 3.05) is 11.9 Å². The van der Waals surface area contributed by atoms with Gasteiger partial charge in [-0.25, -0.2) is 4.98 Å². The smallest absolute Gasteiger partial charge is 0.112 e. The number of rotatable bonds is 3. The molecule has 0 aliphatic heterocycles. The molecule has 0 fully saturated rings. The third kappa shape index (κ3) is 2.53. The molecule has 0 saturated carbocycles. The van der Waals surface area contributed by atoms with E-state index in [9.17, 15) is 0 Å². The number of hydrogen-bond donors (Lipinski definition) is 0. The van der Waals surface area contributed by atoms with E-state index in [0.29, 0.717) is 0 Å². The molecule has 3 nitrogen and oxygen atoms in total. The van der Waals surface area contributed by atoms with E-state index in [1.165, 1.54) is 5.69 Å². The summed E-state index contributed by atoms with van der Waals surface area (Å²) in [6.07, 6.45) is 3.68. The molecule has 0 spiro atoms. The summed E-state index contributed by atoms with van der Waals surface area (Å²) in [5, 5.41) is 3.13. The molecule has 15 heavy (non-hydrogen) atoms. The molecule has 0 amide bonds. The fourth-order valence-electron chi connectivity index (χ4n) is 1.39. The van der Waals surface area contributed by atoms with Crippen molar-refractivity contribution in [1.29, 1.82) is 0 Å². The van der Waals surface area contributed by atoms with Crippen molar-refractivity contribution in [3.63, 3.8) is 0 Å². The van der Waals surface area contributed by atoms with Crippen molar-refractivity contribution in [3.05, 3.63) is 40.6 Å². The van der Waals surface area contributed by atoms with Gasteiger partial charge in [-0.3, -0.25) is 4.98 Å². The summed E-state index contributed by atoms with van der Waals surface area (Å²) in [6, 6.07) is 4.09. The van der Waals surface area contributed by atoms with Crippen LogP contribution >= 0.6 is 11.3 Å². The number of hydrogen-bond acceptors (Lipinski definition) is 4. The highest BCUT2D eigenvalue weighted by Crippen LogP contribution is 2.16. The van der Waals surface area contributed by atoms with E-state index in [4.69, 9.17) is 0 Å². The van der Waals surface area contributed by atoms with Crippen LogP contribution in [0.25, 0.3) is 0 Å². The minimum absolute atomic E-state index is 0.848.